The van der Waals surface area contributed by atoms with Crippen LogP contribution in [-0.4, -0.2) is 16.6 Å². The summed E-state index contributed by atoms with van der Waals surface area (Å²) in [7, 11) is 0. The molecule has 0 aliphatic carbocycles. The number of hydrogen-bond donors (Lipinski definition) is 1. The molecule has 0 spiro atoms. The maximum absolute atomic E-state index is 10.9. The Morgan fingerprint density at radius 3 is 2.60 bits per heavy atom. The van der Waals surface area contributed by atoms with Crippen LogP contribution >= 0.6 is 23.1 Å². The summed E-state index contributed by atoms with van der Waals surface area (Å²) in [5.74, 6) is 2.00. The van der Waals surface area contributed by atoms with Crippen molar-refractivity contribution in [3.8, 4) is 0 Å². The zero-order valence-corrected chi connectivity index (χ0v) is 11.2. The van der Waals surface area contributed by atoms with Crippen LogP contribution in [-0.2, 0) is 5.60 Å². The molecule has 1 unspecified atom stereocenters. The van der Waals surface area contributed by atoms with Gasteiger partial charge in [0.05, 0.1) is 0 Å². The molecule has 0 radical (unpaired) electrons. The SMILES string of the molecule is Cc1ccc(C2(O)CSCCC2(C)C)s1. The van der Waals surface area contributed by atoms with Crippen LogP contribution in [0.25, 0.3) is 0 Å². The zero-order chi connectivity index (χ0) is 11.1. The first-order valence-electron chi connectivity index (χ1n) is 5.33. The summed E-state index contributed by atoms with van der Waals surface area (Å²) in [6.07, 6.45) is 1.09. The first-order chi connectivity index (χ1) is 6.96. The van der Waals surface area contributed by atoms with Gasteiger partial charge in [-0.3, -0.25) is 0 Å². The molecule has 1 saturated heterocycles. The fourth-order valence-corrected chi connectivity index (χ4v) is 4.88. The van der Waals surface area contributed by atoms with Gasteiger partial charge in [0.25, 0.3) is 0 Å². The number of thiophene rings is 1. The van der Waals surface area contributed by atoms with Crippen molar-refractivity contribution < 1.29 is 5.11 Å². The lowest BCUT2D eigenvalue weighted by Gasteiger charge is -2.45. The van der Waals surface area contributed by atoms with E-state index in [9.17, 15) is 5.11 Å². The van der Waals surface area contributed by atoms with Gasteiger partial charge in [0.2, 0.25) is 0 Å². The molecule has 1 aliphatic rings. The molecule has 15 heavy (non-hydrogen) atoms. The second kappa shape index (κ2) is 3.79. The van der Waals surface area contributed by atoms with Gasteiger partial charge in [-0.2, -0.15) is 11.8 Å². The quantitative estimate of drug-likeness (QED) is 0.814. The minimum Gasteiger partial charge on any atom is -0.383 e. The molecule has 1 aliphatic heterocycles. The Hall–Kier alpha value is 0.01000. The van der Waals surface area contributed by atoms with Gasteiger partial charge in [0.1, 0.15) is 5.60 Å². The lowest BCUT2D eigenvalue weighted by molar-refractivity contribution is -0.0548. The zero-order valence-electron chi connectivity index (χ0n) is 9.54. The van der Waals surface area contributed by atoms with E-state index in [0.29, 0.717) is 0 Å². The van der Waals surface area contributed by atoms with Crippen molar-refractivity contribution in [1.29, 1.82) is 0 Å². The summed E-state index contributed by atoms with van der Waals surface area (Å²) < 4.78 is 0. The Balaban J connectivity index is 2.39. The summed E-state index contributed by atoms with van der Waals surface area (Å²) in [4.78, 5) is 2.42. The first kappa shape index (κ1) is 11.5. The predicted octanol–water partition coefficient (Wildman–Crippen LogP) is 3.41. The van der Waals surface area contributed by atoms with E-state index in [1.165, 1.54) is 10.6 Å². The van der Waals surface area contributed by atoms with E-state index in [2.05, 4.69) is 32.9 Å². The van der Waals surface area contributed by atoms with E-state index in [1.807, 2.05) is 11.8 Å². The maximum Gasteiger partial charge on any atom is 0.113 e. The van der Waals surface area contributed by atoms with Crippen molar-refractivity contribution in [2.24, 2.45) is 5.41 Å². The molecule has 3 heteroatoms. The summed E-state index contributed by atoms with van der Waals surface area (Å²) in [5, 5.41) is 10.9. The first-order valence-corrected chi connectivity index (χ1v) is 7.30. The average Bonchev–Trinajstić information content (AvgIpc) is 2.58. The van der Waals surface area contributed by atoms with E-state index >= 15 is 0 Å². The molecule has 1 aromatic heterocycles. The molecular formula is C12H18OS2. The van der Waals surface area contributed by atoms with Gasteiger partial charge in [-0.25, -0.2) is 0 Å². The summed E-state index contributed by atoms with van der Waals surface area (Å²) in [6.45, 7) is 6.46. The summed E-state index contributed by atoms with van der Waals surface area (Å²) >= 11 is 3.60. The number of rotatable bonds is 1. The van der Waals surface area contributed by atoms with Crippen molar-refractivity contribution in [2.45, 2.75) is 32.8 Å². The van der Waals surface area contributed by atoms with Crippen LogP contribution in [0.1, 0.15) is 30.0 Å². The van der Waals surface area contributed by atoms with E-state index in [1.54, 1.807) is 11.3 Å². The lowest BCUT2D eigenvalue weighted by Crippen LogP contribution is -2.46. The minimum absolute atomic E-state index is 0.00442. The van der Waals surface area contributed by atoms with Gasteiger partial charge in [0, 0.05) is 20.9 Å². The van der Waals surface area contributed by atoms with Gasteiger partial charge >= 0.3 is 0 Å². The largest absolute Gasteiger partial charge is 0.383 e. The normalized spacial score (nSPS) is 30.4. The van der Waals surface area contributed by atoms with Crippen molar-refractivity contribution in [1.82, 2.24) is 0 Å². The van der Waals surface area contributed by atoms with E-state index < -0.39 is 5.60 Å². The molecule has 0 saturated carbocycles. The number of thioether (sulfide) groups is 1. The Bertz CT molecular complexity index is 356. The molecule has 0 bridgehead atoms. The monoisotopic (exact) mass is 242 g/mol. The van der Waals surface area contributed by atoms with E-state index in [0.717, 1.165) is 17.1 Å². The second-order valence-electron chi connectivity index (χ2n) is 4.96. The van der Waals surface area contributed by atoms with Gasteiger partial charge in [-0.05, 0) is 31.2 Å². The molecule has 1 N–H and O–H groups in total. The predicted molar refractivity (Wildman–Crippen MR) is 68.7 cm³/mol. The molecule has 84 valence electrons. The smallest absolute Gasteiger partial charge is 0.113 e. The molecule has 1 atom stereocenters. The highest BCUT2D eigenvalue weighted by molar-refractivity contribution is 7.99. The third kappa shape index (κ3) is 1.85. The van der Waals surface area contributed by atoms with Crippen LogP contribution in [0.15, 0.2) is 12.1 Å². The molecule has 2 rings (SSSR count). The van der Waals surface area contributed by atoms with Crippen molar-refractivity contribution in [3.05, 3.63) is 21.9 Å². The highest BCUT2D eigenvalue weighted by Crippen LogP contribution is 2.50. The molecule has 1 fully saturated rings. The van der Waals surface area contributed by atoms with Gasteiger partial charge in [-0.15, -0.1) is 11.3 Å². The molecule has 2 heterocycles. The highest BCUT2D eigenvalue weighted by Gasteiger charge is 2.47. The van der Waals surface area contributed by atoms with Gasteiger partial charge in [0.15, 0.2) is 0 Å². The Kier molecular flexibility index (Phi) is 2.91. The average molecular weight is 242 g/mol. The Morgan fingerprint density at radius 1 is 1.33 bits per heavy atom. The molecular weight excluding hydrogens is 224 g/mol. The fraction of sp³-hybridized carbons (Fsp3) is 0.667. The number of aliphatic hydroxyl groups is 1. The molecule has 0 aromatic carbocycles. The minimum atomic E-state index is -0.630. The number of hydrogen-bond acceptors (Lipinski definition) is 3. The number of aryl methyl sites for hydroxylation is 1. The van der Waals surface area contributed by atoms with Gasteiger partial charge < -0.3 is 5.11 Å². The lowest BCUT2D eigenvalue weighted by atomic mass is 9.72. The van der Waals surface area contributed by atoms with Crippen LogP contribution in [0.3, 0.4) is 0 Å². The molecule has 1 aromatic rings. The van der Waals surface area contributed by atoms with E-state index in [4.69, 9.17) is 0 Å². The third-order valence-corrected chi connectivity index (χ3v) is 5.72. The van der Waals surface area contributed by atoms with E-state index in [-0.39, 0.29) is 5.41 Å². The fourth-order valence-electron chi connectivity index (χ4n) is 2.01. The molecule has 1 nitrogen and oxygen atoms in total. The maximum atomic E-state index is 10.9. The van der Waals surface area contributed by atoms with Crippen molar-refractivity contribution in [2.75, 3.05) is 11.5 Å². The van der Waals surface area contributed by atoms with Gasteiger partial charge in [-0.1, -0.05) is 13.8 Å². The van der Waals surface area contributed by atoms with Crippen LogP contribution < -0.4 is 0 Å². The summed E-state index contributed by atoms with van der Waals surface area (Å²) in [6, 6.07) is 4.20. The van der Waals surface area contributed by atoms with Crippen LogP contribution in [0, 0.1) is 12.3 Å². The van der Waals surface area contributed by atoms with Crippen LogP contribution in [0.5, 0.6) is 0 Å². The van der Waals surface area contributed by atoms with Crippen LogP contribution in [0.4, 0.5) is 0 Å². The van der Waals surface area contributed by atoms with Crippen molar-refractivity contribution in [3.63, 3.8) is 0 Å². The highest BCUT2D eigenvalue weighted by atomic mass is 32.2. The standard InChI is InChI=1S/C12H18OS2/c1-9-4-5-10(15-9)12(13)8-14-7-6-11(12,2)3/h4-5,13H,6-8H2,1-3H3. The van der Waals surface area contributed by atoms with Crippen LogP contribution in [0.2, 0.25) is 0 Å². The Labute approximate surface area is 99.9 Å². The van der Waals surface area contributed by atoms with Crippen molar-refractivity contribution >= 4 is 23.1 Å². The second-order valence-corrected chi connectivity index (χ2v) is 7.35. The third-order valence-electron chi connectivity index (χ3n) is 3.45. The molecule has 0 amide bonds. The summed E-state index contributed by atoms with van der Waals surface area (Å²) in [5.41, 5.74) is -0.635. The topological polar surface area (TPSA) is 20.2 Å². The Morgan fingerprint density at radius 2 is 2.07 bits per heavy atom.